The summed E-state index contributed by atoms with van der Waals surface area (Å²) in [6.45, 7) is 0. The third-order valence-electron chi connectivity index (χ3n) is 1.97. The van der Waals surface area contributed by atoms with E-state index in [1.165, 1.54) is 0 Å². The molecular weight excluding hydrogens is 228 g/mol. The first-order chi connectivity index (χ1) is 7.38. The Morgan fingerprint density at radius 2 is 1.81 bits per heavy atom. The molecule has 0 N–H and O–H groups in total. The van der Waals surface area contributed by atoms with Gasteiger partial charge in [0.25, 0.3) is 0 Å². The van der Waals surface area contributed by atoms with Gasteiger partial charge in [0.2, 0.25) is 5.76 Å². The largest absolute Gasteiger partial charge is 0.451 e. The number of halogens is 4. The second kappa shape index (κ2) is 3.33. The van der Waals surface area contributed by atoms with E-state index in [2.05, 4.69) is 4.42 Å². The van der Waals surface area contributed by atoms with Gasteiger partial charge in [0, 0.05) is 12.1 Å². The van der Waals surface area contributed by atoms with E-state index in [1.54, 1.807) is 0 Å². The van der Waals surface area contributed by atoms with Gasteiger partial charge in [0.1, 0.15) is 11.4 Å². The molecule has 0 bridgehead atoms. The summed E-state index contributed by atoms with van der Waals surface area (Å²) >= 11 is 0. The molecule has 0 unspecified atom stereocenters. The number of fused-ring (bicyclic) bond motifs is 1. The Bertz CT molecular complexity index is 598. The molecule has 0 spiro atoms. The highest BCUT2D eigenvalue weighted by Crippen LogP contribution is 2.30. The van der Waals surface area contributed by atoms with E-state index >= 15 is 0 Å². The minimum atomic E-state index is -4.76. The van der Waals surface area contributed by atoms with Crippen LogP contribution in [0.4, 0.5) is 17.6 Å². The number of alkyl halides is 3. The first-order valence-electron chi connectivity index (χ1n) is 4.18. The fourth-order valence-corrected chi connectivity index (χ4v) is 1.27. The lowest BCUT2D eigenvalue weighted by atomic mass is 10.2. The minimum absolute atomic E-state index is 0.0885. The predicted molar refractivity (Wildman–Crippen MR) is 47.4 cm³/mol. The molecule has 84 valence electrons. The number of rotatable bonds is 0. The monoisotopic (exact) mass is 232 g/mol. The van der Waals surface area contributed by atoms with Gasteiger partial charge >= 0.3 is 6.18 Å². The molecule has 0 aliphatic rings. The Balaban J connectivity index is 2.80. The quantitative estimate of drug-likeness (QED) is 0.653. The molecule has 16 heavy (non-hydrogen) atoms. The highest BCUT2D eigenvalue weighted by Gasteiger charge is 2.34. The van der Waals surface area contributed by atoms with Crippen LogP contribution in [-0.2, 0) is 6.18 Å². The van der Waals surface area contributed by atoms with Crippen LogP contribution in [0.5, 0.6) is 0 Å². The molecule has 0 saturated carbocycles. The van der Waals surface area contributed by atoms with Crippen molar-refractivity contribution >= 4 is 11.0 Å². The van der Waals surface area contributed by atoms with E-state index < -0.39 is 28.8 Å². The SMILES string of the molecule is O=c1cc(C(F)(F)F)oc2cc(F)ccc12. The van der Waals surface area contributed by atoms with Gasteiger partial charge in [0.05, 0.1) is 5.39 Å². The van der Waals surface area contributed by atoms with Crippen molar-refractivity contribution in [2.45, 2.75) is 6.18 Å². The average Bonchev–Trinajstić information content (AvgIpc) is 2.15. The summed E-state index contributed by atoms with van der Waals surface area (Å²) in [7, 11) is 0. The summed E-state index contributed by atoms with van der Waals surface area (Å²) < 4.78 is 54.0. The number of hydrogen-bond acceptors (Lipinski definition) is 2. The Kier molecular flexibility index (Phi) is 2.22. The van der Waals surface area contributed by atoms with Crippen molar-refractivity contribution in [3.8, 4) is 0 Å². The molecule has 0 radical (unpaired) electrons. The van der Waals surface area contributed by atoms with Crippen LogP contribution in [0.25, 0.3) is 11.0 Å². The van der Waals surface area contributed by atoms with Gasteiger partial charge in [-0.3, -0.25) is 4.79 Å². The molecule has 1 aromatic carbocycles. The highest BCUT2D eigenvalue weighted by atomic mass is 19.4. The van der Waals surface area contributed by atoms with Crippen LogP contribution in [0.2, 0.25) is 0 Å². The zero-order valence-electron chi connectivity index (χ0n) is 7.64. The maximum Gasteiger partial charge on any atom is 0.449 e. The van der Waals surface area contributed by atoms with Gasteiger partial charge in [-0.25, -0.2) is 4.39 Å². The van der Waals surface area contributed by atoms with Gasteiger partial charge in [-0.15, -0.1) is 0 Å². The topological polar surface area (TPSA) is 30.2 Å². The van der Waals surface area contributed by atoms with Crippen LogP contribution in [0.1, 0.15) is 5.76 Å². The molecule has 0 fully saturated rings. The second-order valence-corrected chi connectivity index (χ2v) is 3.11. The lowest BCUT2D eigenvalue weighted by Crippen LogP contribution is -2.10. The van der Waals surface area contributed by atoms with Crippen LogP contribution < -0.4 is 5.43 Å². The van der Waals surface area contributed by atoms with E-state index in [0.29, 0.717) is 6.07 Å². The van der Waals surface area contributed by atoms with Gasteiger partial charge < -0.3 is 4.42 Å². The van der Waals surface area contributed by atoms with Crippen LogP contribution >= 0.6 is 0 Å². The van der Waals surface area contributed by atoms with Crippen molar-refractivity contribution < 1.29 is 22.0 Å². The first kappa shape index (κ1) is 10.7. The Hall–Kier alpha value is -1.85. The molecule has 0 saturated heterocycles. The third kappa shape index (κ3) is 1.78. The maximum absolute atomic E-state index is 12.8. The van der Waals surface area contributed by atoms with Gasteiger partial charge in [0.15, 0.2) is 5.43 Å². The Labute approximate surface area is 86.1 Å². The van der Waals surface area contributed by atoms with Crippen molar-refractivity contribution in [2.24, 2.45) is 0 Å². The smallest absolute Gasteiger partial charge is 0.449 e. The van der Waals surface area contributed by atoms with Crippen molar-refractivity contribution in [3.05, 3.63) is 46.1 Å². The average molecular weight is 232 g/mol. The molecule has 0 atom stereocenters. The molecule has 1 aromatic heterocycles. The van der Waals surface area contributed by atoms with E-state index in [4.69, 9.17) is 0 Å². The van der Waals surface area contributed by atoms with Gasteiger partial charge in [-0.1, -0.05) is 0 Å². The molecule has 0 amide bonds. The van der Waals surface area contributed by atoms with Crippen molar-refractivity contribution in [1.29, 1.82) is 0 Å². The molecule has 2 aromatic rings. The second-order valence-electron chi connectivity index (χ2n) is 3.11. The summed E-state index contributed by atoms with van der Waals surface area (Å²) in [6, 6.07) is 3.15. The van der Waals surface area contributed by atoms with Crippen LogP contribution in [0.3, 0.4) is 0 Å². The van der Waals surface area contributed by atoms with Gasteiger partial charge in [-0.2, -0.15) is 13.2 Å². The van der Waals surface area contributed by atoms with E-state index in [9.17, 15) is 22.4 Å². The summed E-state index contributed by atoms with van der Waals surface area (Å²) in [5.74, 6) is -2.20. The fraction of sp³-hybridized carbons (Fsp3) is 0.100. The fourth-order valence-electron chi connectivity index (χ4n) is 1.27. The van der Waals surface area contributed by atoms with Crippen LogP contribution in [-0.4, -0.2) is 0 Å². The van der Waals surface area contributed by atoms with E-state index in [0.717, 1.165) is 18.2 Å². The van der Waals surface area contributed by atoms with E-state index in [1.807, 2.05) is 0 Å². The molecule has 0 aliphatic carbocycles. The molecular formula is C10H4F4O2. The molecule has 2 rings (SSSR count). The maximum atomic E-state index is 12.8. The molecule has 1 heterocycles. The zero-order chi connectivity index (χ0) is 11.9. The van der Waals surface area contributed by atoms with Gasteiger partial charge in [-0.05, 0) is 12.1 Å². The summed E-state index contributed by atoms with van der Waals surface area (Å²) in [5, 5.41) is -0.0885. The molecule has 6 heteroatoms. The summed E-state index contributed by atoms with van der Waals surface area (Å²) in [4.78, 5) is 11.3. The highest BCUT2D eigenvalue weighted by molar-refractivity contribution is 5.76. The van der Waals surface area contributed by atoms with Crippen LogP contribution in [0, 0.1) is 5.82 Å². The summed E-state index contributed by atoms with van der Waals surface area (Å²) in [6.07, 6.45) is -4.76. The standard InChI is InChI=1S/C10H4F4O2/c11-5-1-2-6-7(15)4-9(10(12,13)14)16-8(6)3-5/h1-4H. The van der Waals surface area contributed by atoms with Crippen molar-refractivity contribution in [2.75, 3.05) is 0 Å². The van der Waals surface area contributed by atoms with Crippen molar-refractivity contribution in [3.63, 3.8) is 0 Å². The Morgan fingerprint density at radius 3 is 2.44 bits per heavy atom. The Morgan fingerprint density at radius 1 is 1.12 bits per heavy atom. The predicted octanol–water partition coefficient (Wildman–Crippen LogP) is 2.95. The van der Waals surface area contributed by atoms with Crippen LogP contribution in [0.15, 0.2) is 33.5 Å². The van der Waals surface area contributed by atoms with E-state index in [-0.39, 0.29) is 5.39 Å². The first-order valence-corrected chi connectivity index (χ1v) is 4.18. The number of hydrogen-bond donors (Lipinski definition) is 0. The molecule has 2 nitrogen and oxygen atoms in total. The lowest BCUT2D eigenvalue weighted by molar-refractivity contribution is -0.152. The summed E-state index contributed by atoms with van der Waals surface area (Å²) in [5.41, 5.74) is -1.27. The third-order valence-corrected chi connectivity index (χ3v) is 1.97. The molecule has 0 aliphatic heterocycles. The minimum Gasteiger partial charge on any atom is -0.451 e. The zero-order valence-corrected chi connectivity index (χ0v) is 7.64. The normalized spacial score (nSPS) is 12.0. The number of benzene rings is 1. The lowest BCUT2D eigenvalue weighted by Gasteiger charge is -2.05. The van der Waals surface area contributed by atoms with Crippen molar-refractivity contribution in [1.82, 2.24) is 0 Å².